The number of pyridine rings is 1. The molecule has 0 saturated carbocycles. The first-order valence-electron chi connectivity index (χ1n) is 11.2. The van der Waals surface area contributed by atoms with Crippen molar-refractivity contribution in [3.63, 3.8) is 0 Å². The van der Waals surface area contributed by atoms with Gasteiger partial charge in [-0.05, 0) is 51.2 Å². The van der Waals surface area contributed by atoms with Crippen LogP contribution < -0.4 is 10.6 Å². The van der Waals surface area contributed by atoms with Crippen LogP contribution in [0, 0.1) is 0 Å². The molecule has 3 rings (SSSR count). The second-order valence-corrected chi connectivity index (χ2v) is 7.74. The van der Waals surface area contributed by atoms with E-state index in [-0.39, 0.29) is 12.0 Å². The Bertz CT molecular complexity index is 656. The van der Waals surface area contributed by atoms with Gasteiger partial charge in [0, 0.05) is 45.2 Å². The van der Waals surface area contributed by atoms with Crippen LogP contribution >= 0.6 is 0 Å². The van der Waals surface area contributed by atoms with Crippen LogP contribution in [0.2, 0.25) is 0 Å². The molecule has 3 heterocycles. The number of amides is 1. The number of hydrogen-bond donors (Lipinski definition) is 2. The van der Waals surface area contributed by atoms with E-state index in [0.717, 1.165) is 58.1 Å². The molecule has 1 unspecified atom stereocenters. The Morgan fingerprint density at radius 2 is 2.17 bits per heavy atom. The largest absolute Gasteiger partial charge is 0.376 e. The van der Waals surface area contributed by atoms with Gasteiger partial charge in [-0.25, -0.2) is 0 Å². The number of carbonyl (C=O) groups excluding carboxylic acids is 1. The summed E-state index contributed by atoms with van der Waals surface area (Å²) in [5.74, 6) is 0.783. The highest BCUT2D eigenvalue weighted by molar-refractivity contribution is 5.93. The fourth-order valence-electron chi connectivity index (χ4n) is 3.77. The van der Waals surface area contributed by atoms with Gasteiger partial charge >= 0.3 is 0 Å². The van der Waals surface area contributed by atoms with Gasteiger partial charge in [-0.1, -0.05) is 0 Å². The van der Waals surface area contributed by atoms with Crippen LogP contribution in [0.1, 0.15) is 49.4 Å². The van der Waals surface area contributed by atoms with Crippen LogP contribution in [0.15, 0.2) is 29.5 Å². The van der Waals surface area contributed by atoms with E-state index >= 15 is 0 Å². The fraction of sp³-hybridized carbons (Fsp3) is 0.682. The van der Waals surface area contributed by atoms with E-state index in [2.05, 4.69) is 32.4 Å². The Morgan fingerprint density at radius 1 is 1.30 bits per heavy atom. The number of nitrogens with zero attached hydrogens (tertiary/aromatic N) is 3. The molecule has 2 N–H and O–H groups in total. The van der Waals surface area contributed by atoms with Crippen molar-refractivity contribution in [3.05, 3.63) is 30.1 Å². The lowest BCUT2D eigenvalue weighted by atomic mass is 10.1. The summed E-state index contributed by atoms with van der Waals surface area (Å²) < 4.78 is 11.9. The Morgan fingerprint density at radius 3 is 2.87 bits per heavy atom. The summed E-state index contributed by atoms with van der Waals surface area (Å²) in [5.41, 5.74) is 0.564. The molecule has 1 amide bonds. The third kappa shape index (κ3) is 7.25. The SMILES string of the molecule is CCNC(=NCCNC(=O)c1cccnc1)N1CCC(OCC2CCCCO2)CC1. The van der Waals surface area contributed by atoms with E-state index in [1.165, 1.54) is 12.8 Å². The molecule has 0 radical (unpaired) electrons. The van der Waals surface area contributed by atoms with Crippen LogP contribution in [-0.4, -0.2) is 79.9 Å². The van der Waals surface area contributed by atoms with E-state index in [4.69, 9.17) is 9.47 Å². The number of guanidine groups is 1. The van der Waals surface area contributed by atoms with Gasteiger partial charge < -0.3 is 25.0 Å². The van der Waals surface area contributed by atoms with Crippen molar-refractivity contribution in [3.8, 4) is 0 Å². The summed E-state index contributed by atoms with van der Waals surface area (Å²) in [6.07, 6.45) is 9.33. The van der Waals surface area contributed by atoms with Crippen LogP contribution in [0.3, 0.4) is 0 Å². The summed E-state index contributed by atoms with van der Waals surface area (Å²) in [6, 6.07) is 3.51. The van der Waals surface area contributed by atoms with Gasteiger partial charge in [0.1, 0.15) is 0 Å². The number of aromatic nitrogens is 1. The number of ether oxygens (including phenoxy) is 2. The Balaban J connectivity index is 1.38. The second kappa shape index (κ2) is 12.5. The minimum absolute atomic E-state index is 0.122. The lowest BCUT2D eigenvalue weighted by Gasteiger charge is -2.35. The van der Waals surface area contributed by atoms with Crippen molar-refractivity contribution in [2.24, 2.45) is 4.99 Å². The third-order valence-corrected chi connectivity index (χ3v) is 5.45. The number of nitrogens with one attached hydrogen (secondary N) is 2. The predicted octanol–water partition coefficient (Wildman–Crippen LogP) is 1.83. The molecule has 30 heavy (non-hydrogen) atoms. The van der Waals surface area contributed by atoms with Gasteiger partial charge in [0.2, 0.25) is 0 Å². The molecule has 8 heteroatoms. The number of piperidine rings is 1. The molecular weight excluding hydrogens is 382 g/mol. The maximum absolute atomic E-state index is 12.1. The monoisotopic (exact) mass is 417 g/mol. The zero-order chi connectivity index (χ0) is 21.0. The van der Waals surface area contributed by atoms with E-state index < -0.39 is 0 Å². The van der Waals surface area contributed by atoms with Gasteiger partial charge in [-0.2, -0.15) is 0 Å². The zero-order valence-corrected chi connectivity index (χ0v) is 18.0. The van der Waals surface area contributed by atoms with E-state index in [1.807, 2.05) is 0 Å². The van der Waals surface area contributed by atoms with E-state index in [9.17, 15) is 4.79 Å². The molecule has 2 saturated heterocycles. The van der Waals surface area contributed by atoms with E-state index in [0.29, 0.717) is 24.8 Å². The average Bonchev–Trinajstić information content (AvgIpc) is 2.81. The first kappa shape index (κ1) is 22.5. The minimum Gasteiger partial charge on any atom is -0.376 e. The second-order valence-electron chi connectivity index (χ2n) is 7.74. The molecule has 0 spiro atoms. The van der Waals surface area contributed by atoms with E-state index in [1.54, 1.807) is 24.5 Å². The molecule has 1 aromatic heterocycles. The third-order valence-electron chi connectivity index (χ3n) is 5.45. The van der Waals surface area contributed by atoms with Crippen LogP contribution in [0.5, 0.6) is 0 Å². The Labute approximate surface area is 179 Å². The van der Waals surface area contributed by atoms with Crippen LogP contribution in [-0.2, 0) is 9.47 Å². The smallest absolute Gasteiger partial charge is 0.252 e. The van der Waals surface area contributed by atoms with Gasteiger partial charge in [0.25, 0.3) is 5.91 Å². The van der Waals surface area contributed by atoms with Gasteiger partial charge in [-0.15, -0.1) is 0 Å². The first-order chi connectivity index (χ1) is 14.8. The molecule has 0 aliphatic carbocycles. The summed E-state index contributed by atoms with van der Waals surface area (Å²) in [5, 5.41) is 6.25. The Kier molecular flexibility index (Phi) is 9.37. The maximum Gasteiger partial charge on any atom is 0.252 e. The molecule has 2 aliphatic rings. The summed E-state index contributed by atoms with van der Waals surface area (Å²) in [7, 11) is 0. The fourth-order valence-corrected chi connectivity index (χ4v) is 3.77. The summed E-state index contributed by atoms with van der Waals surface area (Å²) in [6.45, 7) is 7.34. The molecule has 0 aromatic carbocycles. The lowest BCUT2D eigenvalue weighted by Crippen LogP contribution is -2.47. The normalized spacial score (nSPS) is 20.8. The van der Waals surface area contributed by atoms with Crippen molar-refractivity contribution in [2.45, 2.75) is 51.2 Å². The van der Waals surface area contributed by atoms with Gasteiger partial charge in [0.05, 0.1) is 30.9 Å². The quantitative estimate of drug-likeness (QED) is 0.381. The number of likely N-dealkylation sites (tertiary alicyclic amines) is 1. The lowest BCUT2D eigenvalue weighted by molar-refractivity contribution is -0.0721. The van der Waals surface area contributed by atoms with Crippen molar-refractivity contribution < 1.29 is 14.3 Å². The van der Waals surface area contributed by atoms with Crippen molar-refractivity contribution >= 4 is 11.9 Å². The molecule has 0 bridgehead atoms. The van der Waals surface area contributed by atoms with Crippen LogP contribution in [0.25, 0.3) is 0 Å². The average molecular weight is 418 g/mol. The summed E-state index contributed by atoms with van der Waals surface area (Å²) in [4.78, 5) is 23.0. The number of carbonyl (C=O) groups is 1. The highest BCUT2D eigenvalue weighted by atomic mass is 16.5. The standard InChI is InChI=1S/C22H35N5O3/c1-2-24-22(26-12-11-25-21(28)18-6-5-10-23-16-18)27-13-8-19(9-14-27)30-17-20-7-3-4-15-29-20/h5-6,10,16,19-20H,2-4,7-9,11-15,17H2,1H3,(H,24,26)(H,25,28). The topological polar surface area (TPSA) is 88.1 Å². The number of rotatable bonds is 8. The van der Waals surface area contributed by atoms with Crippen molar-refractivity contribution in [1.29, 1.82) is 0 Å². The highest BCUT2D eigenvalue weighted by Crippen LogP contribution is 2.18. The number of aliphatic imine (C=N–C) groups is 1. The molecule has 2 aliphatic heterocycles. The molecule has 8 nitrogen and oxygen atoms in total. The summed E-state index contributed by atoms with van der Waals surface area (Å²) >= 11 is 0. The zero-order valence-electron chi connectivity index (χ0n) is 18.0. The molecule has 1 aromatic rings. The maximum atomic E-state index is 12.1. The van der Waals surface area contributed by atoms with Crippen LogP contribution in [0.4, 0.5) is 0 Å². The van der Waals surface area contributed by atoms with Gasteiger partial charge in [-0.3, -0.25) is 14.8 Å². The molecule has 2 fully saturated rings. The molecule has 166 valence electrons. The van der Waals surface area contributed by atoms with Crippen molar-refractivity contribution in [1.82, 2.24) is 20.5 Å². The minimum atomic E-state index is -0.122. The first-order valence-corrected chi connectivity index (χ1v) is 11.2. The number of hydrogen-bond acceptors (Lipinski definition) is 5. The highest BCUT2D eigenvalue weighted by Gasteiger charge is 2.23. The van der Waals surface area contributed by atoms with Crippen molar-refractivity contribution in [2.75, 3.05) is 45.9 Å². The molecular formula is C22H35N5O3. The molecule has 1 atom stereocenters. The Hall–Kier alpha value is -2.19. The van der Waals surface area contributed by atoms with Gasteiger partial charge in [0.15, 0.2) is 5.96 Å². The predicted molar refractivity (Wildman–Crippen MR) is 117 cm³/mol.